The minimum Gasteiger partial charge on any atom is -0.493 e. The van der Waals surface area contributed by atoms with Gasteiger partial charge in [0, 0.05) is 29.2 Å². The van der Waals surface area contributed by atoms with Gasteiger partial charge in [0.25, 0.3) is 0 Å². The molecule has 21 heavy (non-hydrogen) atoms. The third kappa shape index (κ3) is 2.12. The first-order valence-corrected chi connectivity index (χ1v) is 6.71. The van der Waals surface area contributed by atoms with E-state index in [0.717, 1.165) is 16.8 Å². The summed E-state index contributed by atoms with van der Waals surface area (Å²) in [6.07, 6.45) is 0.358. The number of H-pyrrole nitrogens is 1. The van der Waals surface area contributed by atoms with Crippen molar-refractivity contribution in [3.63, 3.8) is 0 Å². The molecule has 0 spiro atoms. The van der Waals surface area contributed by atoms with Crippen LogP contribution in [0.2, 0.25) is 0 Å². The number of aromatic amines is 1. The SMILES string of the molecule is COc1cccc(C2CC(=O)Nc3n[nH]c(C)c32)c1OC. The Morgan fingerprint density at radius 3 is 2.81 bits per heavy atom. The van der Waals surface area contributed by atoms with Crippen molar-refractivity contribution in [1.82, 2.24) is 10.2 Å². The van der Waals surface area contributed by atoms with E-state index in [9.17, 15) is 4.79 Å². The summed E-state index contributed by atoms with van der Waals surface area (Å²) < 4.78 is 10.8. The summed E-state index contributed by atoms with van der Waals surface area (Å²) in [6.45, 7) is 1.95. The van der Waals surface area contributed by atoms with Crippen LogP contribution in [0.15, 0.2) is 18.2 Å². The number of carbonyl (C=O) groups excluding carboxylic acids is 1. The summed E-state index contributed by atoms with van der Waals surface area (Å²) in [6, 6.07) is 5.70. The van der Waals surface area contributed by atoms with E-state index in [0.29, 0.717) is 23.7 Å². The van der Waals surface area contributed by atoms with Crippen LogP contribution in [0.1, 0.15) is 29.2 Å². The Hall–Kier alpha value is -2.50. The van der Waals surface area contributed by atoms with Gasteiger partial charge in [-0.3, -0.25) is 9.89 Å². The Morgan fingerprint density at radius 1 is 1.29 bits per heavy atom. The van der Waals surface area contributed by atoms with Gasteiger partial charge in [0.1, 0.15) is 0 Å². The van der Waals surface area contributed by atoms with Crippen molar-refractivity contribution in [2.75, 3.05) is 19.5 Å². The fourth-order valence-electron chi connectivity index (χ4n) is 2.88. The number of nitrogens with zero attached hydrogens (tertiary/aromatic N) is 1. The van der Waals surface area contributed by atoms with E-state index in [-0.39, 0.29) is 11.8 Å². The second kappa shape index (κ2) is 5.12. The first kappa shape index (κ1) is 13.5. The lowest BCUT2D eigenvalue weighted by atomic mass is 9.85. The Kier molecular flexibility index (Phi) is 3.29. The molecule has 1 aliphatic heterocycles. The Bertz CT molecular complexity index is 693. The van der Waals surface area contributed by atoms with Crippen LogP contribution in [-0.4, -0.2) is 30.3 Å². The van der Waals surface area contributed by atoms with Crippen LogP contribution in [0.4, 0.5) is 5.82 Å². The van der Waals surface area contributed by atoms with Gasteiger partial charge in [-0.1, -0.05) is 12.1 Å². The normalized spacial score (nSPS) is 17.1. The smallest absolute Gasteiger partial charge is 0.226 e. The van der Waals surface area contributed by atoms with Crippen molar-refractivity contribution in [1.29, 1.82) is 0 Å². The van der Waals surface area contributed by atoms with Gasteiger partial charge in [-0.25, -0.2) is 0 Å². The number of hydrogen-bond acceptors (Lipinski definition) is 4. The molecule has 0 radical (unpaired) electrons. The zero-order valence-electron chi connectivity index (χ0n) is 12.2. The molecular formula is C15H17N3O3. The molecule has 0 fully saturated rings. The first-order valence-electron chi connectivity index (χ1n) is 6.71. The highest BCUT2D eigenvalue weighted by Crippen LogP contribution is 2.44. The number of benzene rings is 1. The molecule has 0 saturated heterocycles. The van der Waals surface area contributed by atoms with Crippen molar-refractivity contribution in [3.8, 4) is 11.5 Å². The number of aromatic nitrogens is 2. The molecule has 110 valence electrons. The van der Waals surface area contributed by atoms with Gasteiger partial charge < -0.3 is 14.8 Å². The zero-order chi connectivity index (χ0) is 15.0. The molecule has 1 aromatic heterocycles. The molecule has 3 rings (SSSR count). The molecule has 0 aliphatic carbocycles. The number of amides is 1. The number of para-hydroxylation sites is 1. The molecule has 6 nitrogen and oxygen atoms in total. The monoisotopic (exact) mass is 287 g/mol. The maximum absolute atomic E-state index is 11.9. The number of hydrogen-bond donors (Lipinski definition) is 2. The van der Waals surface area contributed by atoms with Crippen LogP contribution in [0.25, 0.3) is 0 Å². The molecule has 1 amide bonds. The Morgan fingerprint density at radius 2 is 2.10 bits per heavy atom. The number of rotatable bonds is 3. The minimum absolute atomic E-state index is 0.0520. The van der Waals surface area contributed by atoms with Gasteiger partial charge >= 0.3 is 0 Å². The summed E-state index contributed by atoms with van der Waals surface area (Å²) in [4.78, 5) is 11.9. The number of carbonyl (C=O) groups is 1. The van der Waals surface area contributed by atoms with Crippen LogP contribution in [0.5, 0.6) is 11.5 Å². The molecular weight excluding hydrogens is 270 g/mol. The van der Waals surface area contributed by atoms with E-state index >= 15 is 0 Å². The van der Waals surface area contributed by atoms with Gasteiger partial charge in [-0.15, -0.1) is 0 Å². The molecule has 1 unspecified atom stereocenters. The van der Waals surface area contributed by atoms with E-state index in [1.165, 1.54) is 0 Å². The molecule has 0 saturated carbocycles. The van der Waals surface area contributed by atoms with E-state index in [2.05, 4.69) is 15.5 Å². The Labute approximate surface area is 122 Å². The van der Waals surface area contributed by atoms with Crippen LogP contribution < -0.4 is 14.8 Å². The van der Waals surface area contributed by atoms with Crippen molar-refractivity contribution >= 4 is 11.7 Å². The molecule has 6 heteroatoms. The molecule has 1 aromatic carbocycles. The van der Waals surface area contributed by atoms with E-state index in [4.69, 9.17) is 9.47 Å². The largest absolute Gasteiger partial charge is 0.493 e. The molecule has 1 aliphatic rings. The van der Waals surface area contributed by atoms with Crippen LogP contribution >= 0.6 is 0 Å². The highest BCUT2D eigenvalue weighted by Gasteiger charge is 2.32. The summed E-state index contributed by atoms with van der Waals surface area (Å²) >= 11 is 0. The number of nitrogens with one attached hydrogen (secondary N) is 2. The van der Waals surface area contributed by atoms with Crippen molar-refractivity contribution in [2.24, 2.45) is 0 Å². The molecule has 2 heterocycles. The highest BCUT2D eigenvalue weighted by atomic mass is 16.5. The van der Waals surface area contributed by atoms with E-state index in [1.807, 2.05) is 25.1 Å². The number of anilines is 1. The second-order valence-corrected chi connectivity index (χ2v) is 5.00. The predicted octanol–water partition coefficient (Wildman–Crippen LogP) is 2.21. The predicted molar refractivity (Wildman–Crippen MR) is 78.0 cm³/mol. The average molecular weight is 287 g/mol. The van der Waals surface area contributed by atoms with Crippen molar-refractivity contribution in [2.45, 2.75) is 19.3 Å². The molecule has 1 atom stereocenters. The highest BCUT2D eigenvalue weighted by molar-refractivity contribution is 5.94. The van der Waals surface area contributed by atoms with Gasteiger partial charge in [0.05, 0.1) is 14.2 Å². The first-order chi connectivity index (χ1) is 10.2. The van der Waals surface area contributed by atoms with Crippen LogP contribution in [0, 0.1) is 6.92 Å². The summed E-state index contributed by atoms with van der Waals surface area (Å²) in [5.41, 5.74) is 2.87. The lowest BCUT2D eigenvalue weighted by Crippen LogP contribution is -2.23. The number of fused-ring (bicyclic) bond motifs is 1. The maximum Gasteiger partial charge on any atom is 0.226 e. The molecule has 2 aromatic rings. The third-order valence-corrected chi connectivity index (χ3v) is 3.80. The fraction of sp³-hybridized carbons (Fsp3) is 0.333. The fourth-order valence-corrected chi connectivity index (χ4v) is 2.88. The van der Waals surface area contributed by atoms with Gasteiger partial charge in [-0.05, 0) is 13.0 Å². The topological polar surface area (TPSA) is 76.2 Å². The third-order valence-electron chi connectivity index (χ3n) is 3.80. The second-order valence-electron chi connectivity index (χ2n) is 5.00. The average Bonchev–Trinajstić information content (AvgIpc) is 2.86. The number of ether oxygens (including phenoxy) is 2. The molecule has 2 N–H and O–H groups in total. The van der Waals surface area contributed by atoms with Gasteiger partial charge in [-0.2, -0.15) is 5.10 Å². The standard InChI is InChI=1S/C15H17N3O3/c1-8-13-10(7-12(19)16-15(13)18-17-8)9-5-4-6-11(20-2)14(9)21-3/h4-6,10H,7H2,1-3H3,(H2,16,17,18,19). The molecule has 0 bridgehead atoms. The van der Waals surface area contributed by atoms with Gasteiger partial charge in [0.15, 0.2) is 17.3 Å². The zero-order valence-corrected chi connectivity index (χ0v) is 12.2. The quantitative estimate of drug-likeness (QED) is 0.907. The van der Waals surface area contributed by atoms with E-state index in [1.54, 1.807) is 14.2 Å². The Balaban J connectivity index is 2.17. The lowest BCUT2D eigenvalue weighted by Gasteiger charge is -2.25. The van der Waals surface area contributed by atoms with Crippen LogP contribution in [-0.2, 0) is 4.79 Å². The van der Waals surface area contributed by atoms with Gasteiger partial charge in [0.2, 0.25) is 5.91 Å². The maximum atomic E-state index is 11.9. The summed E-state index contributed by atoms with van der Waals surface area (Å²) in [5.74, 6) is 1.76. The number of aryl methyl sites for hydroxylation is 1. The number of methoxy groups -OCH3 is 2. The van der Waals surface area contributed by atoms with Crippen molar-refractivity contribution in [3.05, 3.63) is 35.0 Å². The minimum atomic E-state index is -0.0995. The van der Waals surface area contributed by atoms with E-state index < -0.39 is 0 Å². The summed E-state index contributed by atoms with van der Waals surface area (Å²) in [5, 5.41) is 9.87. The van der Waals surface area contributed by atoms with Crippen molar-refractivity contribution < 1.29 is 14.3 Å². The summed E-state index contributed by atoms with van der Waals surface area (Å²) in [7, 11) is 3.21. The lowest BCUT2D eigenvalue weighted by molar-refractivity contribution is -0.116. The van der Waals surface area contributed by atoms with Crippen LogP contribution in [0.3, 0.4) is 0 Å².